The van der Waals surface area contributed by atoms with Gasteiger partial charge < -0.3 is 136 Å². The number of nitrogens with one attached hydrogen (secondary N) is 6. The molecule has 2 bridgehead atoms. The molecule has 2 aliphatic carbocycles. The van der Waals surface area contributed by atoms with Gasteiger partial charge in [-0.3, -0.25) is 39.0 Å². The molecule has 8 amide bonds. The molecule has 5 heterocycles. The van der Waals surface area contributed by atoms with E-state index in [2.05, 4.69) is 69.6 Å². The summed E-state index contributed by atoms with van der Waals surface area (Å²) in [6, 6.07) is 4.54. The van der Waals surface area contributed by atoms with Gasteiger partial charge in [0.2, 0.25) is 23.9 Å². The number of Topliss-reactive ketones (excluding diaryl/α,β-unsaturated/α-hetero) is 1. The molecule has 0 aromatic heterocycles. The molecular formula is C93H136IN11O28S3. The third kappa shape index (κ3) is 30.1. The fourth-order valence-corrected chi connectivity index (χ4v) is 21.8. The van der Waals surface area contributed by atoms with Gasteiger partial charge in [-0.25, -0.2) is 14.4 Å². The number of ether oxygens (including phenoxy) is 13. The Morgan fingerprint density at radius 3 is 2.16 bits per heavy atom. The van der Waals surface area contributed by atoms with Gasteiger partial charge in [0.25, 0.3) is 11.8 Å². The van der Waals surface area contributed by atoms with E-state index < -0.39 is 150 Å². The molecule has 4 fully saturated rings. The van der Waals surface area contributed by atoms with Crippen LogP contribution in [0.3, 0.4) is 0 Å². The second-order valence-corrected chi connectivity index (χ2v) is 40.6. The predicted molar refractivity (Wildman–Crippen MR) is 518 cm³/mol. The maximum atomic E-state index is 14.6. The lowest BCUT2D eigenvalue weighted by Crippen LogP contribution is -2.65. The third-order valence-corrected chi connectivity index (χ3v) is 30.9. The molecule has 7 aliphatic rings. The molecule has 5 aliphatic heterocycles. The normalized spacial score (nSPS) is 28.3. The van der Waals surface area contributed by atoms with Crippen LogP contribution in [0.2, 0.25) is 0 Å². The number of aliphatic hydroxyl groups is 6. The Hall–Kier alpha value is -7.79. The van der Waals surface area contributed by atoms with Crippen molar-refractivity contribution in [2.45, 2.75) is 279 Å². The Morgan fingerprint density at radius 2 is 1.51 bits per heavy atom. The zero-order chi connectivity index (χ0) is 99.6. The summed E-state index contributed by atoms with van der Waals surface area (Å²) in [4.78, 5) is 112. The number of unbranched alkanes of at least 4 members (excludes halogenated alkanes) is 2. The number of methoxy groups -OCH3 is 5. The van der Waals surface area contributed by atoms with Crippen LogP contribution >= 0.6 is 55.5 Å². The van der Waals surface area contributed by atoms with Crippen molar-refractivity contribution >= 4 is 114 Å². The SMILES string of the molecule is CCN(C(C)=O)[C@H]1CO[C@@H](O[C@H]2[C@H](O[C@H]3C#C/C=C\C#C[C@]4(O)CC(=O)C(NC(=O)OC)=C3/C4=C\CSSC(C)(C)CCC(=O)NCCNC(=O)OCc3ccc(NC[C@H](CCCNC(N)=O)C(N)[C@@H](C(C)C)C(N)CCCCCN4C(=O)C=CC4=O)cc3)O[C@H](C)[C@@H](NO[C@H]3C[C@H](O)[C@H]([SH]=C(O)c4c(C)c(I)c(O[C@@H]5O[C@@H](C)[C@H](O)[C@@H](OC)[C@H]5O)c(OC)c4OC)[C@@H](C)O3)[C@H]2O)C[C@@H]1OC. The summed E-state index contributed by atoms with van der Waals surface area (Å²) in [6.45, 7) is 19.6. The van der Waals surface area contributed by atoms with E-state index in [9.17, 15) is 69.0 Å². The van der Waals surface area contributed by atoms with Crippen molar-refractivity contribution in [3.05, 3.63) is 91.7 Å². The van der Waals surface area contributed by atoms with Gasteiger partial charge in [-0.2, -0.15) is 16.8 Å². The minimum Gasteiger partial charge on any atom is -0.492 e. The van der Waals surface area contributed by atoms with Crippen LogP contribution in [0.1, 0.15) is 150 Å². The minimum atomic E-state index is -2.24. The fraction of sp³-hybridized carbons (Fsp3) is 0.645. The first-order valence-corrected chi connectivity index (χ1v) is 49.9. The molecule has 9 rings (SSSR count). The molecule has 23 atom stereocenters. The number of benzene rings is 2. The number of hydroxylamine groups is 1. The number of hydrogen-bond acceptors (Lipinski definition) is 33. The highest BCUT2D eigenvalue weighted by molar-refractivity contribution is 14.1. The van der Waals surface area contributed by atoms with Crippen LogP contribution < -0.4 is 63.5 Å². The van der Waals surface area contributed by atoms with Crippen molar-refractivity contribution in [2.24, 2.45) is 35.0 Å². The first-order chi connectivity index (χ1) is 64.7. The van der Waals surface area contributed by atoms with Gasteiger partial charge in [-0.15, -0.1) is 0 Å². The number of carbonyl (C=O) groups is 8. The monoisotopic (exact) mass is 2080 g/mol. The molecule has 2 aromatic carbocycles. The second kappa shape index (κ2) is 53.2. The molecule has 0 spiro atoms. The lowest BCUT2D eigenvalue weighted by molar-refractivity contribution is -0.337. The summed E-state index contributed by atoms with van der Waals surface area (Å²) >= 11 is 2.22. The van der Waals surface area contributed by atoms with Crippen molar-refractivity contribution in [3.63, 3.8) is 0 Å². The number of imide groups is 1. The van der Waals surface area contributed by atoms with Crippen molar-refractivity contribution in [3.8, 4) is 40.9 Å². The minimum absolute atomic E-state index is 0.0203. The Labute approximate surface area is 819 Å². The number of halogens is 1. The van der Waals surface area contributed by atoms with Crippen LogP contribution in [0, 0.1) is 51.9 Å². The third-order valence-electron chi connectivity index (χ3n) is 24.9. The summed E-state index contributed by atoms with van der Waals surface area (Å²) in [7, 11) is 9.47. The molecule has 18 N–H and O–H groups in total. The van der Waals surface area contributed by atoms with E-state index in [1.165, 1.54) is 86.2 Å². The van der Waals surface area contributed by atoms with E-state index in [1.54, 1.807) is 38.7 Å². The van der Waals surface area contributed by atoms with Gasteiger partial charge in [0.15, 0.2) is 41.8 Å². The number of alkyl carbamates (subject to hydrolysis) is 2. The highest BCUT2D eigenvalue weighted by Gasteiger charge is 2.53. The van der Waals surface area contributed by atoms with Gasteiger partial charge in [0.05, 0.1) is 97.0 Å². The zero-order valence-corrected chi connectivity index (χ0v) is 84.2. The number of rotatable bonds is 47. The van der Waals surface area contributed by atoms with E-state index >= 15 is 0 Å². The first-order valence-electron chi connectivity index (χ1n) is 45.6. The number of ketones is 1. The van der Waals surface area contributed by atoms with Crippen LogP contribution in [0.4, 0.5) is 20.1 Å². The average Bonchev–Trinajstić information content (AvgIpc) is 0.954. The van der Waals surface area contributed by atoms with Gasteiger partial charge in [-0.05, 0) is 156 Å². The summed E-state index contributed by atoms with van der Waals surface area (Å²) in [5.74, 6) is 10.1. The number of carbonyl (C=O) groups excluding carboxylic acids is 8. The van der Waals surface area contributed by atoms with Crippen LogP contribution in [0.15, 0.2) is 71.5 Å². The number of nitrogens with two attached hydrogens (primary N) is 3. The number of aliphatic hydroxyl groups excluding tert-OH is 5. The Morgan fingerprint density at radius 1 is 0.809 bits per heavy atom. The van der Waals surface area contributed by atoms with E-state index in [0.29, 0.717) is 67.4 Å². The van der Waals surface area contributed by atoms with Crippen LogP contribution in [0.25, 0.3) is 0 Å². The summed E-state index contributed by atoms with van der Waals surface area (Å²) in [5, 5.41) is 84.8. The van der Waals surface area contributed by atoms with E-state index in [0.717, 1.165) is 31.2 Å². The summed E-state index contributed by atoms with van der Waals surface area (Å²) in [6.07, 6.45) is -9.13. The van der Waals surface area contributed by atoms with Crippen molar-refractivity contribution in [2.75, 3.05) is 92.5 Å². The number of primary amides is 1. The summed E-state index contributed by atoms with van der Waals surface area (Å²) in [5.41, 5.74) is 21.8. The highest BCUT2D eigenvalue weighted by atomic mass is 127. The maximum absolute atomic E-state index is 14.6. The zero-order valence-electron chi connectivity index (χ0n) is 79.6. The quantitative estimate of drug-likeness (QED) is 0.00584. The standard InChI is InChI=1S/C93H136IN11O28S3/c1-16-104(54(8)106)60-48-125-68(44-64(60)120-11)131-83-78(113)75(103-133-69-43-61(107)85(53(7)127-69)135-86(115)71-50(4)73(94)81(84(123-14)80(71)121-12)132-87-79(114)82(122-13)77(112)52(6)129-87)51(5)128-88(83)130-63-27-21-17-18-22-36-93(119)45-62(108)76(102-91(118)124-15)72(63)58(93)35-42-134-136-92(9,10)37-34-65(109)98-39-40-100-90(117)126-47-55-28-30-57(31-29-55)101-46-56(25-24-38-99-89(97)116)74(96)70(49(2)3)59(95)26-20-19-23-41-105-66(110)32-33-67(105)111/h17-18,28-33,35,49,51-53,56,59-61,63-64,68-70,74-75,77-79,82-83,85,87-88,101,103,107,112-115,119,135H,16,19-20,23-26,34,37-48,95-96H2,1-15H3,(H,98,109)(H,100,117)(H,102,118)(H3,97,99,116)/b18-17-,58-35+/t51-,52+,53-,56+,59?,60+,61+,63+,64+,68+,69+,70+,74?,75-,77+,78-,79-,82-,83-,85-,87+,88+,93+/m1/s1. The molecule has 756 valence electrons. The van der Waals surface area contributed by atoms with Crippen LogP contribution in [0.5, 0.6) is 17.2 Å². The maximum Gasteiger partial charge on any atom is 0.411 e. The predicted octanol–water partition coefficient (Wildman–Crippen LogP) is 5.30. The van der Waals surface area contributed by atoms with E-state index in [1.807, 2.05) is 67.6 Å². The molecule has 136 heavy (non-hydrogen) atoms. The Kier molecular flexibility index (Phi) is 43.7. The van der Waals surface area contributed by atoms with Crippen molar-refractivity contribution in [1.82, 2.24) is 36.5 Å². The number of allylic oxidation sites excluding steroid dienone is 3. The number of hydrogen-bond donors (Lipinski definition) is 16. The fourth-order valence-electron chi connectivity index (χ4n) is 17.5. The number of thiol groups is 1. The Balaban J connectivity index is 0.821. The molecule has 43 heteroatoms. The van der Waals surface area contributed by atoms with Crippen molar-refractivity contribution < 1.29 is 135 Å². The van der Waals surface area contributed by atoms with Gasteiger partial charge >= 0.3 is 18.2 Å². The van der Waals surface area contributed by atoms with Crippen molar-refractivity contribution in [1.29, 1.82) is 0 Å². The number of amides is 8. The molecule has 2 aromatic rings. The molecule has 0 saturated carbocycles. The van der Waals surface area contributed by atoms with Gasteiger partial charge in [0.1, 0.15) is 48.3 Å². The first kappa shape index (κ1) is 112. The largest absolute Gasteiger partial charge is 0.492 e. The molecule has 0 radical (unpaired) electrons. The number of likely N-dealkylation sites (N-methyl/N-ethyl adjacent to an activating group) is 1. The molecule has 39 nitrogen and oxygen atoms in total. The lowest BCUT2D eigenvalue weighted by atomic mass is 9.75. The lowest BCUT2D eigenvalue weighted by Gasteiger charge is -2.47. The smallest absolute Gasteiger partial charge is 0.411 e. The highest BCUT2D eigenvalue weighted by Crippen LogP contribution is 2.49. The van der Waals surface area contributed by atoms with Gasteiger partial charge in [0, 0.05) is 131 Å². The number of anilines is 1. The average molecular weight is 2080 g/mol. The molecule has 2 unspecified atom stereocenters. The molecule has 4 saturated heterocycles. The number of fused-ring (bicyclic) bond motifs is 2. The Bertz CT molecular complexity index is 4690. The van der Waals surface area contributed by atoms with Crippen LogP contribution in [-0.2, 0) is 82.8 Å². The molecular weight excluding hydrogens is 1940 g/mol. The van der Waals surface area contributed by atoms with Crippen LogP contribution in [-0.4, -0.2) is 312 Å². The topological polar surface area (TPSA) is 544 Å². The van der Waals surface area contributed by atoms with Gasteiger partial charge in [-0.1, -0.05) is 90.2 Å². The van der Waals surface area contributed by atoms with E-state index in [-0.39, 0.29) is 161 Å². The second-order valence-electron chi connectivity index (χ2n) is 35.2. The summed E-state index contributed by atoms with van der Waals surface area (Å²) < 4.78 is 78.7. The number of nitrogens with zero attached hydrogens (tertiary/aromatic N) is 2. The number of urea groups is 1. The van der Waals surface area contributed by atoms with E-state index in [4.69, 9.17) is 83.6 Å².